The zero-order valence-electron chi connectivity index (χ0n) is 17.3. The maximum absolute atomic E-state index is 15.1. The lowest BCUT2D eigenvalue weighted by Crippen LogP contribution is -2.25. The Labute approximate surface area is 181 Å². The van der Waals surface area contributed by atoms with Gasteiger partial charge in [-0.05, 0) is 36.8 Å². The summed E-state index contributed by atoms with van der Waals surface area (Å²) in [4.78, 5) is 26.5. The monoisotopic (exact) mass is 439 g/mol. The molecule has 0 saturated carbocycles. The summed E-state index contributed by atoms with van der Waals surface area (Å²) in [7, 11) is 1.29. The van der Waals surface area contributed by atoms with Gasteiger partial charge in [-0.1, -0.05) is 0 Å². The topological polar surface area (TPSA) is 93.4 Å². The number of ether oxygens (including phenoxy) is 1. The molecule has 0 spiro atoms. The predicted molar refractivity (Wildman–Crippen MR) is 115 cm³/mol. The van der Waals surface area contributed by atoms with Gasteiger partial charge in [-0.2, -0.15) is 0 Å². The van der Waals surface area contributed by atoms with E-state index in [-0.39, 0.29) is 35.5 Å². The lowest BCUT2D eigenvalue weighted by Gasteiger charge is -2.26. The number of aryl methyl sites for hydroxylation is 1. The third kappa shape index (κ3) is 3.65. The number of benzene rings is 2. The lowest BCUT2D eigenvalue weighted by molar-refractivity contribution is 0.304. The minimum Gasteiger partial charge on any atom is -0.494 e. The van der Waals surface area contributed by atoms with Gasteiger partial charge in [-0.25, -0.2) is 23.7 Å². The minimum absolute atomic E-state index is 0.118. The molecule has 0 bridgehead atoms. The molecular weight excluding hydrogens is 420 g/mol. The van der Waals surface area contributed by atoms with E-state index in [1.165, 1.54) is 60.7 Å². The summed E-state index contributed by atoms with van der Waals surface area (Å²) < 4.78 is 36.4. The van der Waals surface area contributed by atoms with Crippen LogP contribution in [0.25, 0.3) is 16.6 Å². The highest BCUT2D eigenvalue weighted by atomic mass is 19.1. The van der Waals surface area contributed by atoms with Crippen LogP contribution in [0.15, 0.2) is 54.1 Å². The van der Waals surface area contributed by atoms with E-state index in [2.05, 4.69) is 15.0 Å². The summed E-state index contributed by atoms with van der Waals surface area (Å²) in [5.41, 5.74) is 0.519. The Kier molecular flexibility index (Phi) is 5.78. The molecule has 32 heavy (non-hydrogen) atoms. The normalized spacial score (nSPS) is 11.0. The third-order valence-electron chi connectivity index (χ3n) is 5.02. The lowest BCUT2D eigenvalue weighted by atomic mass is 10.1. The second kappa shape index (κ2) is 8.67. The number of hydrogen-bond acceptors (Lipinski definition) is 7. The second-order valence-corrected chi connectivity index (χ2v) is 6.97. The van der Waals surface area contributed by atoms with Crippen molar-refractivity contribution in [2.75, 3.05) is 25.2 Å². The molecule has 164 valence electrons. The van der Waals surface area contributed by atoms with Gasteiger partial charge in [0, 0.05) is 12.2 Å². The number of aromatic nitrogens is 4. The van der Waals surface area contributed by atoms with Gasteiger partial charge in [0.05, 0.1) is 42.7 Å². The summed E-state index contributed by atoms with van der Waals surface area (Å²) >= 11 is 0. The molecule has 4 rings (SSSR count). The first-order valence-electron chi connectivity index (χ1n) is 9.64. The van der Waals surface area contributed by atoms with Crippen molar-refractivity contribution in [3.8, 4) is 11.4 Å². The Morgan fingerprint density at radius 2 is 1.91 bits per heavy atom. The molecule has 10 heteroatoms. The number of nitrogens with zero attached hydrogens (tertiary/aromatic N) is 5. The van der Waals surface area contributed by atoms with Crippen molar-refractivity contribution in [2.45, 2.75) is 6.92 Å². The van der Waals surface area contributed by atoms with Crippen LogP contribution in [0.3, 0.4) is 0 Å². The molecule has 0 aliphatic carbocycles. The molecule has 0 amide bonds. The first kappa shape index (κ1) is 21.3. The highest BCUT2D eigenvalue weighted by molar-refractivity contribution is 5.83. The molecule has 0 saturated heterocycles. The van der Waals surface area contributed by atoms with Crippen molar-refractivity contribution < 1.29 is 18.6 Å². The minimum atomic E-state index is -0.908. The molecule has 0 atom stereocenters. The summed E-state index contributed by atoms with van der Waals surface area (Å²) in [6, 6.07) is 5.89. The van der Waals surface area contributed by atoms with Gasteiger partial charge in [-0.15, -0.1) is 0 Å². The first-order valence-corrected chi connectivity index (χ1v) is 9.64. The molecule has 0 aliphatic rings. The zero-order valence-corrected chi connectivity index (χ0v) is 17.3. The number of aliphatic hydroxyl groups excluding tert-OH is 1. The summed E-state index contributed by atoms with van der Waals surface area (Å²) in [5, 5.41) is 9.81. The molecule has 0 radical (unpaired) electrons. The fourth-order valence-corrected chi connectivity index (χ4v) is 3.46. The van der Waals surface area contributed by atoms with Crippen molar-refractivity contribution in [3.63, 3.8) is 0 Å². The summed E-state index contributed by atoms with van der Waals surface area (Å²) in [6.07, 6.45) is 5.63. The molecule has 2 heterocycles. The predicted octanol–water partition coefficient (Wildman–Crippen LogP) is 2.90. The van der Waals surface area contributed by atoms with E-state index < -0.39 is 17.2 Å². The first-order chi connectivity index (χ1) is 15.5. The van der Waals surface area contributed by atoms with Gasteiger partial charge < -0.3 is 14.7 Å². The molecule has 4 aromatic rings. The number of rotatable bonds is 6. The molecule has 0 aliphatic heterocycles. The van der Waals surface area contributed by atoms with E-state index in [0.29, 0.717) is 16.9 Å². The van der Waals surface area contributed by atoms with E-state index in [0.717, 1.165) is 0 Å². The van der Waals surface area contributed by atoms with Crippen LogP contribution in [0.4, 0.5) is 20.2 Å². The maximum Gasteiger partial charge on any atom is 0.265 e. The van der Waals surface area contributed by atoms with Crippen molar-refractivity contribution in [1.82, 2.24) is 19.5 Å². The van der Waals surface area contributed by atoms with E-state index in [1.54, 1.807) is 12.1 Å². The van der Waals surface area contributed by atoms with Gasteiger partial charge in [0.2, 0.25) is 0 Å². The van der Waals surface area contributed by atoms with Gasteiger partial charge in [0.15, 0.2) is 17.4 Å². The average molecular weight is 439 g/mol. The molecule has 0 fully saturated rings. The molecule has 2 aromatic carbocycles. The van der Waals surface area contributed by atoms with Gasteiger partial charge >= 0.3 is 0 Å². The molecule has 1 N–H and O–H groups in total. The van der Waals surface area contributed by atoms with Crippen LogP contribution in [0.1, 0.15) is 5.56 Å². The Bertz CT molecular complexity index is 1350. The SMILES string of the molecule is COc1cc(C)c(F)c(N(CCO)c2ccc3ncn(-c4cncnc4)c(=O)c3c2)c1F. The molecule has 0 unspecified atom stereocenters. The van der Waals surface area contributed by atoms with Crippen LogP contribution in [-0.2, 0) is 0 Å². The maximum atomic E-state index is 15.1. The van der Waals surface area contributed by atoms with Crippen molar-refractivity contribution in [2.24, 2.45) is 0 Å². The van der Waals surface area contributed by atoms with E-state index in [4.69, 9.17) is 4.74 Å². The average Bonchev–Trinajstić information content (AvgIpc) is 2.81. The van der Waals surface area contributed by atoms with Crippen molar-refractivity contribution >= 4 is 22.3 Å². The number of methoxy groups -OCH3 is 1. The van der Waals surface area contributed by atoms with E-state index in [1.807, 2.05) is 0 Å². The van der Waals surface area contributed by atoms with Crippen molar-refractivity contribution in [3.05, 3.63) is 76.9 Å². The highest BCUT2D eigenvalue weighted by Gasteiger charge is 2.24. The van der Waals surface area contributed by atoms with E-state index >= 15 is 8.78 Å². The van der Waals surface area contributed by atoms with Crippen LogP contribution >= 0.6 is 0 Å². The summed E-state index contributed by atoms with van der Waals surface area (Å²) in [5.74, 6) is -1.83. The van der Waals surface area contributed by atoms with E-state index in [9.17, 15) is 9.90 Å². The Balaban J connectivity index is 1.92. The number of hydrogen-bond donors (Lipinski definition) is 1. The number of fused-ring (bicyclic) bond motifs is 1. The van der Waals surface area contributed by atoms with Gasteiger partial charge in [-0.3, -0.25) is 9.36 Å². The van der Waals surface area contributed by atoms with Gasteiger partial charge in [0.1, 0.15) is 18.3 Å². The van der Waals surface area contributed by atoms with Crippen LogP contribution in [-0.4, -0.2) is 44.9 Å². The van der Waals surface area contributed by atoms with Crippen molar-refractivity contribution in [1.29, 1.82) is 0 Å². The summed E-state index contributed by atoms with van der Waals surface area (Å²) in [6.45, 7) is 0.988. The largest absolute Gasteiger partial charge is 0.494 e. The Hall–Kier alpha value is -3.92. The van der Waals surface area contributed by atoms with Gasteiger partial charge in [0.25, 0.3) is 5.56 Å². The number of halogens is 2. The molecule has 2 aromatic heterocycles. The Morgan fingerprint density at radius 1 is 1.16 bits per heavy atom. The number of anilines is 2. The Morgan fingerprint density at radius 3 is 2.59 bits per heavy atom. The smallest absolute Gasteiger partial charge is 0.265 e. The van der Waals surface area contributed by atoms with Crippen LogP contribution in [0, 0.1) is 18.6 Å². The zero-order chi connectivity index (χ0) is 22.8. The van der Waals surface area contributed by atoms with Crippen LogP contribution in [0.5, 0.6) is 5.75 Å². The second-order valence-electron chi connectivity index (χ2n) is 6.97. The highest BCUT2D eigenvalue weighted by Crippen LogP contribution is 2.37. The molecular formula is C22H19F2N5O3. The van der Waals surface area contributed by atoms with Crippen LogP contribution in [0.2, 0.25) is 0 Å². The quantitative estimate of drug-likeness (QED) is 0.494. The standard InChI is InChI=1S/C22H19F2N5O3/c1-13-7-18(32-2)20(24)21(19(13)23)28(5-6-30)14-3-4-17-16(8-14)22(31)29(12-27-17)15-9-25-11-26-10-15/h3-4,7-12,30H,5-6H2,1-2H3. The molecule has 8 nitrogen and oxygen atoms in total. The number of aliphatic hydroxyl groups is 1. The fraction of sp³-hybridized carbons (Fsp3) is 0.182. The fourth-order valence-electron chi connectivity index (χ4n) is 3.46. The third-order valence-corrected chi connectivity index (χ3v) is 5.02. The van der Waals surface area contributed by atoms with Crippen LogP contribution < -0.4 is 15.2 Å².